The Hall–Kier alpha value is -1.20. The highest BCUT2D eigenvalue weighted by Crippen LogP contribution is 2.26. The van der Waals surface area contributed by atoms with Gasteiger partial charge in [-0.3, -0.25) is 0 Å². The molecular weight excluding hydrogens is 256 g/mol. The molecule has 0 radical (unpaired) electrons. The summed E-state index contributed by atoms with van der Waals surface area (Å²) < 4.78 is 2.23. The Labute approximate surface area is 118 Å². The van der Waals surface area contributed by atoms with E-state index in [9.17, 15) is 0 Å². The molecule has 2 N–H and O–H groups in total. The molecule has 0 saturated carbocycles. The van der Waals surface area contributed by atoms with Crippen molar-refractivity contribution < 1.29 is 0 Å². The molecule has 2 unspecified atom stereocenters. The minimum atomic E-state index is 0.367. The summed E-state index contributed by atoms with van der Waals surface area (Å²) in [4.78, 5) is 8.68. The van der Waals surface area contributed by atoms with Crippen LogP contribution in [0.1, 0.15) is 43.3 Å². The molecule has 0 saturated heterocycles. The summed E-state index contributed by atoms with van der Waals surface area (Å²) in [7, 11) is 0. The molecule has 2 aromatic rings. The predicted octanol–water partition coefficient (Wildman–Crippen LogP) is 2.84. The van der Waals surface area contributed by atoms with Crippen molar-refractivity contribution in [3.05, 3.63) is 34.8 Å². The predicted molar refractivity (Wildman–Crippen MR) is 79.4 cm³/mol. The second-order valence-electron chi connectivity index (χ2n) is 5.33. The van der Waals surface area contributed by atoms with Crippen molar-refractivity contribution in [1.82, 2.24) is 14.5 Å². The number of hydrogen-bond acceptors (Lipinski definition) is 4. The summed E-state index contributed by atoms with van der Waals surface area (Å²) >= 11 is 1.71. The van der Waals surface area contributed by atoms with Gasteiger partial charge in [-0.15, -0.1) is 11.3 Å². The lowest BCUT2D eigenvalue weighted by Crippen LogP contribution is -2.21. The van der Waals surface area contributed by atoms with Crippen molar-refractivity contribution in [1.29, 1.82) is 0 Å². The summed E-state index contributed by atoms with van der Waals surface area (Å²) in [5, 5.41) is 3.20. The van der Waals surface area contributed by atoms with Crippen molar-refractivity contribution in [3.63, 3.8) is 0 Å². The Balaban J connectivity index is 2.15. The van der Waals surface area contributed by atoms with Gasteiger partial charge in [0.25, 0.3) is 0 Å². The molecule has 0 aliphatic heterocycles. The van der Waals surface area contributed by atoms with E-state index in [0.29, 0.717) is 24.3 Å². The second-order valence-corrected chi connectivity index (χ2v) is 6.25. The van der Waals surface area contributed by atoms with Crippen LogP contribution in [0.15, 0.2) is 24.1 Å². The summed E-state index contributed by atoms with van der Waals surface area (Å²) in [5.41, 5.74) is 7.14. The molecule has 4 nitrogen and oxygen atoms in total. The van der Waals surface area contributed by atoms with Gasteiger partial charge in [0, 0.05) is 48.4 Å². The van der Waals surface area contributed by atoms with Crippen molar-refractivity contribution in [2.45, 2.75) is 39.2 Å². The van der Waals surface area contributed by atoms with Gasteiger partial charge in [-0.1, -0.05) is 20.8 Å². The van der Waals surface area contributed by atoms with E-state index in [1.165, 1.54) is 10.7 Å². The summed E-state index contributed by atoms with van der Waals surface area (Å²) in [5.74, 6) is 1.29. The average molecular weight is 278 g/mol. The van der Waals surface area contributed by atoms with Crippen LogP contribution in [0.2, 0.25) is 0 Å². The fraction of sp³-hybridized carbons (Fsp3) is 0.571. The molecule has 5 heteroatoms. The molecule has 0 amide bonds. The molecule has 0 bridgehead atoms. The summed E-state index contributed by atoms with van der Waals surface area (Å²) in [6, 6.07) is 0. The van der Waals surface area contributed by atoms with E-state index in [2.05, 4.69) is 35.3 Å². The number of aromatic nitrogens is 3. The first-order valence-electron chi connectivity index (χ1n) is 6.73. The van der Waals surface area contributed by atoms with E-state index in [0.717, 1.165) is 6.54 Å². The first-order valence-corrected chi connectivity index (χ1v) is 7.61. The van der Waals surface area contributed by atoms with Gasteiger partial charge in [0.15, 0.2) is 0 Å². The zero-order chi connectivity index (χ0) is 13.8. The minimum absolute atomic E-state index is 0.367. The van der Waals surface area contributed by atoms with Crippen LogP contribution in [0, 0.1) is 5.92 Å². The second kappa shape index (κ2) is 6.30. The van der Waals surface area contributed by atoms with Gasteiger partial charge in [-0.05, 0) is 5.92 Å². The van der Waals surface area contributed by atoms with Crippen molar-refractivity contribution in [3.8, 4) is 0 Å². The van der Waals surface area contributed by atoms with Crippen molar-refractivity contribution >= 4 is 11.3 Å². The quantitative estimate of drug-likeness (QED) is 0.884. The Morgan fingerprint density at radius 2 is 2.16 bits per heavy atom. The molecule has 104 valence electrons. The van der Waals surface area contributed by atoms with Crippen LogP contribution < -0.4 is 5.73 Å². The van der Waals surface area contributed by atoms with Crippen LogP contribution in [0.4, 0.5) is 0 Å². The molecule has 2 aromatic heterocycles. The molecule has 2 heterocycles. The Bertz CT molecular complexity index is 489. The molecule has 0 aliphatic carbocycles. The van der Waals surface area contributed by atoms with Gasteiger partial charge in [0.2, 0.25) is 0 Å². The number of imidazole rings is 1. The third-order valence-electron chi connectivity index (χ3n) is 3.53. The number of rotatable bonds is 6. The Kier molecular flexibility index (Phi) is 4.71. The Morgan fingerprint density at radius 3 is 2.74 bits per heavy atom. The third kappa shape index (κ3) is 3.22. The molecule has 0 spiro atoms. The number of thiazole rings is 1. The smallest absolute Gasteiger partial charge is 0.0970 e. The maximum Gasteiger partial charge on any atom is 0.0970 e. The molecule has 0 fully saturated rings. The van der Waals surface area contributed by atoms with E-state index >= 15 is 0 Å². The maximum absolute atomic E-state index is 5.91. The standard InChI is InChI=1S/C14H22N4S/c1-10(2)12(6-15)13-7-16-9-18(13)8-11(3)14-17-4-5-19-14/h4-5,7,9-12H,6,8,15H2,1-3H3. The number of nitrogens with zero attached hydrogens (tertiary/aromatic N) is 3. The van der Waals surface area contributed by atoms with Crippen LogP contribution in [-0.4, -0.2) is 21.1 Å². The van der Waals surface area contributed by atoms with E-state index in [-0.39, 0.29) is 0 Å². The molecule has 0 aromatic carbocycles. The monoisotopic (exact) mass is 278 g/mol. The summed E-state index contributed by atoms with van der Waals surface area (Å²) in [6.45, 7) is 8.19. The SMILES string of the molecule is CC(Cn1cncc1C(CN)C(C)C)c1nccs1. The first-order chi connectivity index (χ1) is 9.13. The van der Waals surface area contributed by atoms with Gasteiger partial charge >= 0.3 is 0 Å². The van der Waals surface area contributed by atoms with E-state index in [1.54, 1.807) is 11.3 Å². The van der Waals surface area contributed by atoms with Gasteiger partial charge in [-0.2, -0.15) is 0 Å². The van der Waals surface area contributed by atoms with Gasteiger partial charge < -0.3 is 10.3 Å². The van der Waals surface area contributed by atoms with E-state index < -0.39 is 0 Å². The Morgan fingerprint density at radius 1 is 1.37 bits per heavy atom. The fourth-order valence-corrected chi connectivity index (χ4v) is 3.07. The molecule has 2 rings (SSSR count). The van der Waals surface area contributed by atoms with Gasteiger partial charge in [0.1, 0.15) is 0 Å². The highest BCUT2D eigenvalue weighted by molar-refractivity contribution is 7.09. The van der Waals surface area contributed by atoms with E-state index in [4.69, 9.17) is 5.73 Å². The lowest BCUT2D eigenvalue weighted by molar-refractivity contribution is 0.461. The van der Waals surface area contributed by atoms with E-state index in [1.807, 2.05) is 24.1 Å². The van der Waals surface area contributed by atoms with Crippen LogP contribution in [0.25, 0.3) is 0 Å². The zero-order valence-corrected chi connectivity index (χ0v) is 12.6. The zero-order valence-electron chi connectivity index (χ0n) is 11.8. The number of hydrogen-bond donors (Lipinski definition) is 1. The van der Waals surface area contributed by atoms with Crippen molar-refractivity contribution in [2.24, 2.45) is 11.7 Å². The van der Waals surface area contributed by atoms with Crippen LogP contribution in [0.5, 0.6) is 0 Å². The van der Waals surface area contributed by atoms with Crippen LogP contribution in [-0.2, 0) is 6.54 Å². The largest absolute Gasteiger partial charge is 0.334 e. The van der Waals surface area contributed by atoms with Crippen LogP contribution in [0.3, 0.4) is 0 Å². The lowest BCUT2D eigenvalue weighted by Gasteiger charge is -2.21. The van der Waals surface area contributed by atoms with Crippen LogP contribution >= 0.6 is 11.3 Å². The minimum Gasteiger partial charge on any atom is -0.334 e. The summed E-state index contributed by atoms with van der Waals surface area (Å²) in [6.07, 6.45) is 5.72. The maximum atomic E-state index is 5.91. The molecule has 19 heavy (non-hydrogen) atoms. The third-order valence-corrected chi connectivity index (χ3v) is 4.53. The lowest BCUT2D eigenvalue weighted by atomic mass is 9.93. The fourth-order valence-electron chi connectivity index (χ4n) is 2.38. The average Bonchev–Trinajstić information content (AvgIpc) is 3.01. The highest BCUT2D eigenvalue weighted by atomic mass is 32.1. The molecular formula is C14H22N4S. The number of nitrogens with two attached hydrogens (primary N) is 1. The van der Waals surface area contributed by atoms with Gasteiger partial charge in [0.05, 0.1) is 11.3 Å². The first kappa shape index (κ1) is 14.2. The normalized spacial score (nSPS) is 14.8. The van der Waals surface area contributed by atoms with Gasteiger partial charge in [-0.25, -0.2) is 9.97 Å². The molecule has 2 atom stereocenters. The van der Waals surface area contributed by atoms with Crippen molar-refractivity contribution in [2.75, 3.05) is 6.54 Å². The topological polar surface area (TPSA) is 56.7 Å². The highest BCUT2D eigenvalue weighted by Gasteiger charge is 2.19. The molecule has 0 aliphatic rings.